The zero-order chi connectivity index (χ0) is 22.0. The van der Waals surface area contributed by atoms with Crippen LogP contribution < -0.4 is 0 Å². The smallest absolute Gasteiger partial charge is 0.360 e. The summed E-state index contributed by atoms with van der Waals surface area (Å²) >= 11 is 0. The predicted molar refractivity (Wildman–Crippen MR) is 111 cm³/mol. The van der Waals surface area contributed by atoms with Crippen LogP contribution in [-0.2, 0) is 32.0 Å². The van der Waals surface area contributed by atoms with Crippen molar-refractivity contribution >= 4 is 28.4 Å². The van der Waals surface area contributed by atoms with Gasteiger partial charge in [-0.05, 0) is 16.3 Å². The van der Waals surface area contributed by atoms with Gasteiger partial charge in [0.05, 0.1) is 44.2 Å². The van der Waals surface area contributed by atoms with Gasteiger partial charge in [-0.15, -0.1) is 10.2 Å². The highest BCUT2D eigenvalue weighted by Crippen LogP contribution is 2.34. The van der Waals surface area contributed by atoms with Gasteiger partial charge in [-0.25, -0.2) is 9.31 Å². The lowest BCUT2D eigenvalue weighted by atomic mass is 9.98. The first-order chi connectivity index (χ1) is 15.1. The van der Waals surface area contributed by atoms with Crippen molar-refractivity contribution in [3.05, 3.63) is 59.5 Å². The van der Waals surface area contributed by atoms with Gasteiger partial charge in [0.1, 0.15) is 0 Å². The highest BCUT2D eigenvalue weighted by Gasteiger charge is 2.26. The summed E-state index contributed by atoms with van der Waals surface area (Å²) in [6, 6.07) is 13.9. The molecule has 4 rings (SSSR count). The standard InChI is InChI=1S/C22H20N4O5/c1-29-12-16-19(15-10-6-8-13-7-4-5-9-14(13)15)21-24-23-20(22(28)31-3)17(26(21)25-16)11-18(27)30-2/h4-10H,11-12H2,1-3H3. The number of carbonyl (C=O) groups is 2. The molecule has 0 spiro atoms. The number of benzene rings is 2. The molecule has 0 fully saturated rings. The Morgan fingerprint density at radius 2 is 1.74 bits per heavy atom. The van der Waals surface area contributed by atoms with E-state index in [0.717, 1.165) is 16.3 Å². The van der Waals surface area contributed by atoms with E-state index >= 15 is 0 Å². The number of nitrogens with zero attached hydrogens (tertiary/aromatic N) is 4. The van der Waals surface area contributed by atoms with E-state index in [1.54, 1.807) is 7.11 Å². The van der Waals surface area contributed by atoms with Gasteiger partial charge in [0.25, 0.3) is 0 Å². The number of rotatable bonds is 6. The lowest BCUT2D eigenvalue weighted by Gasteiger charge is -2.09. The normalized spacial score (nSPS) is 11.1. The zero-order valence-electron chi connectivity index (χ0n) is 17.3. The van der Waals surface area contributed by atoms with E-state index < -0.39 is 11.9 Å². The van der Waals surface area contributed by atoms with Crippen LogP contribution in [0.3, 0.4) is 0 Å². The second-order valence-electron chi connectivity index (χ2n) is 6.76. The summed E-state index contributed by atoms with van der Waals surface area (Å²) in [6.45, 7) is 0.202. The Hall–Kier alpha value is -3.85. The Bertz CT molecular complexity index is 1290. The van der Waals surface area contributed by atoms with Gasteiger partial charge in [-0.2, -0.15) is 5.10 Å². The molecule has 31 heavy (non-hydrogen) atoms. The largest absolute Gasteiger partial charge is 0.469 e. The molecule has 0 unspecified atom stereocenters. The van der Waals surface area contributed by atoms with E-state index in [1.807, 2.05) is 42.5 Å². The molecule has 9 nitrogen and oxygen atoms in total. The fourth-order valence-corrected chi connectivity index (χ4v) is 3.57. The van der Waals surface area contributed by atoms with E-state index in [-0.39, 0.29) is 24.4 Å². The SMILES string of the molecule is COCc1nn2c(CC(=O)OC)c(C(=O)OC)nnc2c1-c1cccc2ccccc12. The Balaban J connectivity index is 2.06. The van der Waals surface area contributed by atoms with Crippen LogP contribution in [0.25, 0.3) is 27.5 Å². The summed E-state index contributed by atoms with van der Waals surface area (Å²) in [7, 11) is 4.07. The molecule has 0 saturated carbocycles. The number of esters is 2. The molecule has 2 heterocycles. The highest BCUT2D eigenvalue weighted by atomic mass is 16.5. The van der Waals surface area contributed by atoms with Crippen LogP contribution in [0.15, 0.2) is 42.5 Å². The van der Waals surface area contributed by atoms with E-state index in [1.165, 1.54) is 18.7 Å². The van der Waals surface area contributed by atoms with E-state index in [2.05, 4.69) is 15.3 Å². The molecular weight excluding hydrogens is 400 g/mol. The van der Waals surface area contributed by atoms with Crippen molar-refractivity contribution < 1.29 is 23.8 Å². The van der Waals surface area contributed by atoms with Crippen LogP contribution in [0.5, 0.6) is 0 Å². The topological polar surface area (TPSA) is 105 Å². The average molecular weight is 420 g/mol. The zero-order valence-corrected chi connectivity index (χ0v) is 17.3. The molecule has 2 aromatic carbocycles. The Morgan fingerprint density at radius 1 is 0.968 bits per heavy atom. The third-order valence-corrected chi connectivity index (χ3v) is 4.97. The fourth-order valence-electron chi connectivity index (χ4n) is 3.57. The van der Waals surface area contributed by atoms with E-state index in [0.29, 0.717) is 16.9 Å². The monoisotopic (exact) mass is 420 g/mol. The average Bonchev–Trinajstić information content (AvgIpc) is 3.16. The molecule has 0 atom stereocenters. The third-order valence-electron chi connectivity index (χ3n) is 4.97. The van der Waals surface area contributed by atoms with Gasteiger partial charge in [0.15, 0.2) is 11.3 Å². The Labute approximate surface area is 177 Å². The quantitative estimate of drug-likeness (QED) is 0.438. The minimum absolute atomic E-state index is 0.101. The summed E-state index contributed by atoms with van der Waals surface area (Å²) in [5.41, 5.74) is 2.73. The molecule has 4 aromatic rings. The minimum atomic E-state index is -0.719. The van der Waals surface area contributed by atoms with Crippen LogP contribution in [0.1, 0.15) is 21.9 Å². The summed E-state index contributed by atoms with van der Waals surface area (Å²) in [4.78, 5) is 24.3. The molecule has 0 saturated heterocycles. The Kier molecular flexibility index (Phi) is 5.59. The Morgan fingerprint density at radius 3 is 2.48 bits per heavy atom. The molecule has 0 aliphatic carbocycles. The lowest BCUT2D eigenvalue weighted by molar-refractivity contribution is -0.139. The van der Waals surface area contributed by atoms with Crippen molar-refractivity contribution in [3.63, 3.8) is 0 Å². The maximum atomic E-state index is 12.3. The number of hydrogen-bond donors (Lipinski definition) is 0. The first-order valence-corrected chi connectivity index (χ1v) is 9.48. The maximum Gasteiger partial charge on any atom is 0.360 e. The van der Waals surface area contributed by atoms with Crippen LogP contribution in [0, 0.1) is 0 Å². The predicted octanol–water partition coefficient (Wildman–Crippen LogP) is 2.59. The van der Waals surface area contributed by atoms with Crippen LogP contribution in [-0.4, -0.2) is 53.1 Å². The molecule has 0 aliphatic rings. The van der Waals surface area contributed by atoms with Crippen molar-refractivity contribution in [2.45, 2.75) is 13.0 Å². The number of hydrogen-bond acceptors (Lipinski definition) is 8. The molecular formula is C22H20N4O5. The first-order valence-electron chi connectivity index (χ1n) is 9.48. The van der Waals surface area contributed by atoms with Crippen molar-refractivity contribution in [1.29, 1.82) is 0 Å². The molecule has 158 valence electrons. The van der Waals surface area contributed by atoms with Gasteiger partial charge < -0.3 is 14.2 Å². The highest BCUT2D eigenvalue weighted by molar-refractivity contribution is 6.00. The van der Waals surface area contributed by atoms with Gasteiger partial charge in [0, 0.05) is 7.11 Å². The van der Waals surface area contributed by atoms with Crippen LogP contribution in [0.2, 0.25) is 0 Å². The first kappa shape index (κ1) is 20.4. The second kappa shape index (κ2) is 8.49. The van der Waals surface area contributed by atoms with E-state index in [9.17, 15) is 9.59 Å². The van der Waals surface area contributed by atoms with Gasteiger partial charge >= 0.3 is 11.9 Å². The van der Waals surface area contributed by atoms with Gasteiger partial charge in [-0.1, -0.05) is 42.5 Å². The lowest BCUT2D eigenvalue weighted by Crippen LogP contribution is -2.19. The van der Waals surface area contributed by atoms with Crippen molar-refractivity contribution in [2.24, 2.45) is 0 Å². The van der Waals surface area contributed by atoms with Crippen molar-refractivity contribution in [2.75, 3.05) is 21.3 Å². The second-order valence-corrected chi connectivity index (χ2v) is 6.76. The van der Waals surface area contributed by atoms with Crippen molar-refractivity contribution in [1.82, 2.24) is 19.8 Å². The fraction of sp³-hybridized carbons (Fsp3) is 0.227. The van der Waals surface area contributed by atoms with Gasteiger partial charge in [-0.3, -0.25) is 4.79 Å². The summed E-state index contributed by atoms with van der Waals surface area (Å²) in [5.74, 6) is -1.27. The minimum Gasteiger partial charge on any atom is -0.469 e. The van der Waals surface area contributed by atoms with E-state index in [4.69, 9.17) is 14.2 Å². The number of fused-ring (bicyclic) bond motifs is 2. The van der Waals surface area contributed by atoms with Crippen molar-refractivity contribution in [3.8, 4) is 11.1 Å². The number of aromatic nitrogens is 4. The summed E-state index contributed by atoms with van der Waals surface area (Å²) in [6.07, 6.45) is -0.226. The maximum absolute atomic E-state index is 12.3. The molecule has 0 N–H and O–H groups in total. The molecule has 2 aromatic heterocycles. The van der Waals surface area contributed by atoms with Gasteiger partial charge in [0.2, 0.25) is 0 Å². The summed E-state index contributed by atoms with van der Waals surface area (Å²) < 4.78 is 16.4. The molecule has 0 radical (unpaired) electrons. The molecule has 0 aliphatic heterocycles. The number of methoxy groups -OCH3 is 3. The summed E-state index contributed by atoms with van der Waals surface area (Å²) in [5, 5.41) is 15.0. The van der Waals surface area contributed by atoms with Crippen LogP contribution in [0.4, 0.5) is 0 Å². The molecule has 0 bridgehead atoms. The van der Waals surface area contributed by atoms with Crippen LogP contribution >= 0.6 is 0 Å². The number of ether oxygens (including phenoxy) is 3. The molecule has 9 heteroatoms. The number of carbonyl (C=O) groups excluding carboxylic acids is 2. The third kappa shape index (κ3) is 3.59. The molecule has 0 amide bonds.